The quantitative estimate of drug-likeness (QED) is 0.609. The maximum absolute atomic E-state index is 10.2. The maximum atomic E-state index is 10.2. The molecule has 0 aromatic carbocycles. The molecule has 0 spiro atoms. The Balaban J connectivity index is 4.35. The van der Waals surface area contributed by atoms with Crippen molar-refractivity contribution in [3.05, 3.63) is 10.6 Å². The highest BCUT2D eigenvalue weighted by molar-refractivity contribution is 6.31. The summed E-state index contributed by atoms with van der Waals surface area (Å²) in [5.41, 5.74) is 0.289. The van der Waals surface area contributed by atoms with E-state index in [1.54, 1.807) is 13.8 Å². The first kappa shape index (κ1) is 8.50. The van der Waals surface area contributed by atoms with Crippen LogP contribution in [0.4, 0.5) is 0 Å². The number of carboxylic acids is 1. The number of carboxylic acid groups (broad SMARTS) is 1. The number of aliphatic carboxylic acids is 1. The van der Waals surface area contributed by atoms with E-state index < -0.39 is 5.97 Å². The fraction of sp³-hybridized carbons (Fsp3) is 0.500. The molecule has 0 aromatic heterocycles. The van der Waals surface area contributed by atoms with E-state index in [9.17, 15) is 4.79 Å². The van der Waals surface area contributed by atoms with Gasteiger partial charge in [0.25, 0.3) is 0 Å². The highest BCUT2D eigenvalue weighted by Gasteiger charge is 2.05. The first-order valence-corrected chi connectivity index (χ1v) is 3.06. The maximum Gasteiger partial charge on any atom is 0.332 e. The highest BCUT2D eigenvalue weighted by atomic mass is 35.5. The first-order chi connectivity index (χ1) is 4.09. The Labute approximate surface area is 59.1 Å². The Kier molecular flexibility index (Phi) is 3.32. The Hall–Kier alpha value is -0.500. The van der Waals surface area contributed by atoms with Crippen LogP contribution in [0.5, 0.6) is 0 Å². The summed E-state index contributed by atoms with van der Waals surface area (Å²) in [5.74, 6) is -0.926. The molecule has 9 heavy (non-hydrogen) atoms. The van der Waals surface area contributed by atoms with E-state index in [1.165, 1.54) is 0 Å². The Morgan fingerprint density at radius 2 is 2.11 bits per heavy atom. The monoisotopic (exact) mass is 148 g/mol. The standard InChI is InChI=1S/C6H9ClO2/c1-3-5(4(2)7)6(8)9/h3H2,1-2H3,(H,8,9)/b5-4-. The molecular formula is C6H9ClO2. The van der Waals surface area contributed by atoms with Gasteiger partial charge in [-0.3, -0.25) is 0 Å². The normalized spacial score (nSPS) is 12.8. The fourth-order valence-electron chi connectivity index (χ4n) is 0.542. The number of rotatable bonds is 2. The lowest BCUT2D eigenvalue weighted by molar-refractivity contribution is -0.132. The lowest BCUT2D eigenvalue weighted by Gasteiger charge is -1.96. The molecule has 3 heteroatoms. The number of halogens is 1. The molecule has 52 valence electrons. The van der Waals surface area contributed by atoms with Crippen LogP contribution in [0.1, 0.15) is 20.3 Å². The third-order valence-corrected chi connectivity index (χ3v) is 1.26. The van der Waals surface area contributed by atoms with Gasteiger partial charge in [0.05, 0.1) is 5.57 Å². The molecule has 0 amide bonds. The third kappa shape index (κ3) is 2.51. The van der Waals surface area contributed by atoms with Gasteiger partial charge in [-0.1, -0.05) is 18.5 Å². The molecule has 0 rings (SSSR count). The summed E-state index contributed by atoms with van der Waals surface area (Å²) in [6.07, 6.45) is 0.477. The lowest BCUT2D eigenvalue weighted by Crippen LogP contribution is -1.99. The van der Waals surface area contributed by atoms with Crippen LogP contribution < -0.4 is 0 Å². The van der Waals surface area contributed by atoms with Crippen molar-refractivity contribution in [2.75, 3.05) is 0 Å². The molecule has 0 aliphatic carbocycles. The summed E-state index contributed by atoms with van der Waals surface area (Å²) in [4.78, 5) is 10.2. The van der Waals surface area contributed by atoms with Gasteiger partial charge in [0.2, 0.25) is 0 Å². The van der Waals surface area contributed by atoms with Crippen molar-refractivity contribution in [3.8, 4) is 0 Å². The zero-order chi connectivity index (χ0) is 7.44. The molecule has 0 saturated carbocycles. The Morgan fingerprint density at radius 3 is 2.11 bits per heavy atom. The van der Waals surface area contributed by atoms with Gasteiger partial charge < -0.3 is 5.11 Å². The topological polar surface area (TPSA) is 37.3 Å². The summed E-state index contributed by atoms with van der Waals surface area (Å²) < 4.78 is 0. The molecule has 0 aromatic rings. The van der Waals surface area contributed by atoms with Crippen molar-refractivity contribution in [2.45, 2.75) is 20.3 Å². The van der Waals surface area contributed by atoms with Gasteiger partial charge in [-0.25, -0.2) is 4.79 Å². The molecule has 1 N–H and O–H groups in total. The average molecular weight is 149 g/mol. The van der Waals surface area contributed by atoms with Gasteiger partial charge in [0.15, 0.2) is 0 Å². The van der Waals surface area contributed by atoms with Gasteiger partial charge in [-0.05, 0) is 13.3 Å². The van der Waals surface area contributed by atoms with Crippen molar-refractivity contribution in [2.24, 2.45) is 0 Å². The van der Waals surface area contributed by atoms with Gasteiger partial charge in [0.1, 0.15) is 0 Å². The van der Waals surface area contributed by atoms with Crippen LogP contribution in [0.2, 0.25) is 0 Å². The molecule has 0 aliphatic rings. The van der Waals surface area contributed by atoms with Crippen molar-refractivity contribution in [3.63, 3.8) is 0 Å². The summed E-state index contributed by atoms with van der Waals surface area (Å²) >= 11 is 5.44. The minimum Gasteiger partial charge on any atom is -0.478 e. The summed E-state index contributed by atoms with van der Waals surface area (Å²) in [5, 5.41) is 8.77. The highest BCUT2D eigenvalue weighted by Crippen LogP contribution is 2.11. The fourth-order valence-corrected chi connectivity index (χ4v) is 0.757. The summed E-state index contributed by atoms with van der Waals surface area (Å²) in [6, 6.07) is 0. The summed E-state index contributed by atoms with van der Waals surface area (Å²) in [7, 11) is 0. The minimum atomic E-state index is -0.926. The van der Waals surface area contributed by atoms with Crippen LogP contribution >= 0.6 is 11.6 Å². The Morgan fingerprint density at radius 1 is 1.67 bits per heavy atom. The van der Waals surface area contributed by atoms with E-state index in [2.05, 4.69) is 0 Å². The molecule has 0 bridgehead atoms. The van der Waals surface area contributed by atoms with E-state index in [4.69, 9.17) is 16.7 Å². The first-order valence-electron chi connectivity index (χ1n) is 2.68. The lowest BCUT2D eigenvalue weighted by atomic mass is 10.2. The van der Waals surface area contributed by atoms with Crippen molar-refractivity contribution in [1.29, 1.82) is 0 Å². The second-order valence-corrected chi connectivity index (χ2v) is 2.24. The van der Waals surface area contributed by atoms with Crippen LogP contribution in [0.15, 0.2) is 10.6 Å². The van der Waals surface area contributed by atoms with Gasteiger partial charge in [0, 0.05) is 5.03 Å². The van der Waals surface area contributed by atoms with E-state index in [0.29, 0.717) is 11.5 Å². The van der Waals surface area contributed by atoms with Gasteiger partial charge in [-0.15, -0.1) is 0 Å². The molecular weight excluding hydrogens is 140 g/mol. The van der Waals surface area contributed by atoms with E-state index >= 15 is 0 Å². The predicted octanol–water partition coefficient (Wildman–Crippen LogP) is 1.99. The van der Waals surface area contributed by atoms with Crippen LogP contribution in [0.25, 0.3) is 0 Å². The average Bonchev–Trinajstić information content (AvgIpc) is 1.64. The zero-order valence-electron chi connectivity index (χ0n) is 5.44. The zero-order valence-corrected chi connectivity index (χ0v) is 6.20. The van der Waals surface area contributed by atoms with E-state index in [0.717, 1.165) is 0 Å². The van der Waals surface area contributed by atoms with Gasteiger partial charge >= 0.3 is 5.97 Å². The third-order valence-electron chi connectivity index (χ3n) is 1.03. The second-order valence-electron chi connectivity index (χ2n) is 1.67. The molecule has 0 heterocycles. The molecule has 0 fully saturated rings. The number of allylic oxidation sites excluding steroid dienone is 1. The molecule has 0 saturated heterocycles. The van der Waals surface area contributed by atoms with Gasteiger partial charge in [-0.2, -0.15) is 0 Å². The number of carbonyl (C=O) groups is 1. The smallest absolute Gasteiger partial charge is 0.332 e. The molecule has 0 radical (unpaired) electrons. The molecule has 2 nitrogen and oxygen atoms in total. The second kappa shape index (κ2) is 3.51. The predicted molar refractivity (Wildman–Crippen MR) is 36.5 cm³/mol. The van der Waals surface area contributed by atoms with Crippen molar-refractivity contribution >= 4 is 17.6 Å². The van der Waals surface area contributed by atoms with Crippen molar-refractivity contribution < 1.29 is 9.90 Å². The number of hydrogen-bond donors (Lipinski definition) is 1. The van der Waals surface area contributed by atoms with Crippen LogP contribution in [0, 0.1) is 0 Å². The van der Waals surface area contributed by atoms with E-state index in [-0.39, 0.29) is 5.57 Å². The van der Waals surface area contributed by atoms with Crippen LogP contribution in [0.3, 0.4) is 0 Å². The Bertz CT molecular complexity index is 145. The molecule has 0 atom stereocenters. The minimum absolute atomic E-state index is 0.289. The van der Waals surface area contributed by atoms with Crippen LogP contribution in [-0.4, -0.2) is 11.1 Å². The largest absolute Gasteiger partial charge is 0.478 e. The SMILES string of the molecule is CC/C(C(=O)O)=C(\C)Cl. The molecule has 0 aliphatic heterocycles. The van der Waals surface area contributed by atoms with Crippen LogP contribution in [-0.2, 0) is 4.79 Å². The summed E-state index contributed by atoms with van der Waals surface area (Å²) in [6.45, 7) is 3.34. The number of hydrogen-bond acceptors (Lipinski definition) is 1. The molecule has 0 unspecified atom stereocenters. The van der Waals surface area contributed by atoms with E-state index in [1.807, 2.05) is 0 Å². The van der Waals surface area contributed by atoms with Crippen molar-refractivity contribution in [1.82, 2.24) is 0 Å².